The van der Waals surface area contributed by atoms with Gasteiger partial charge in [-0.15, -0.1) is 0 Å². The Balaban J connectivity index is 2.11. The lowest BCUT2D eigenvalue weighted by atomic mass is 10.0. The highest BCUT2D eigenvalue weighted by Crippen LogP contribution is 2.21. The Hall–Kier alpha value is -2.69. The number of carboxylic acid groups (broad SMARTS) is 2. The van der Waals surface area contributed by atoms with E-state index in [9.17, 15) is 29.1 Å². The Morgan fingerprint density at radius 3 is 2.29 bits per heavy atom. The molecule has 0 radical (unpaired) electrons. The fourth-order valence-corrected chi connectivity index (χ4v) is 3.97. The first-order valence-corrected chi connectivity index (χ1v) is 10.7. The Morgan fingerprint density at radius 1 is 1.03 bits per heavy atom. The van der Waals surface area contributed by atoms with Crippen molar-refractivity contribution >= 4 is 29.7 Å². The molecule has 2 saturated heterocycles. The van der Waals surface area contributed by atoms with Crippen LogP contribution in [0.3, 0.4) is 0 Å². The summed E-state index contributed by atoms with van der Waals surface area (Å²) in [6.07, 6.45) is 1.97. The molecule has 0 saturated carbocycles. The fourth-order valence-electron chi connectivity index (χ4n) is 3.97. The second-order valence-electron chi connectivity index (χ2n) is 8.40. The predicted molar refractivity (Wildman–Crippen MR) is 109 cm³/mol. The van der Waals surface area contributed by atoms with Crippen molar-refractivity contribution in [3.05, 3.63) is 0 Å². The molecule has 11 heteroatoms. The summed E-state index contributed by atoms with van der Waals surface area (Å²) in [5.74, 6) is -4.05. The summed E-state index contributed by atoms with van der Waals surface area (Å²) in [4.78, 5) is 62.2. The standard InChI is InChI=1S/C20H32N4O7/c1-11(2)16(20(30)31)23-18(28)14-6-4-10-24(14)19(29)13(7-8-15(25)26)22-17(27)12-5-3-9-21-12/h11-14,16,21H,3-10H2,1-2H3,(H,22,27)(H,23,28)(H,25,26)(H,30,31). The van der Waals surface area contributed by atoms with Gasteiger partial charge >= 0.3 is 11.9 Å². The maximum Gasteiger partial charge on any atom is 0.326 e. The Bertz CT molecular complexity index is 706. The highest BCUT2D eigenvalue weighted by molar-refractivity contribution is 5.94. The number of nitrogens with zero attached hydrogens (tertiary/aromatic N) is 1. The molecule has 0 aromatic rings. The Labute approximate surface area is 180 Å². The largest absolute Gasteiger partial charge is 0.481 e. The smallest absolute Gasteiger partial charge is 0.326 e. The zero-order valence-electron chi connectivity index (χ0n) is 17.9. The van der Waals surface area contributed by atoms with Crippen molar-refractivity contribution in [3.8, 4) is 0 Å². The summed E-state index contributed by atoms with van der Waals surface area (Å²) in [7, 11) is 0. The maximum absolute atomic E-state index is 13.2. The molecule has 174 valence electrons. The zero-order valence-corrected chi connectivity index (χ0v) is 17.9. The average molecular weight is 440 g/mol. The lowest BCUT2D eigenvalue weighted by Crippen LogP contribution is -2.57. The molecule has 5 N–H and O–H groups in total. The second-order valence-corrected chi connectivity index (χ2v) is 8.40. The second kappa shape index (κ2) is 11.1. The molecule has 0 bridgehead atoms. The van der Waals surface area contributed by atoms with Crippen molar-refractivity contribution in [2.45, 2.75) is 76.5 Å². The number of carbonyl (C=O) groups is 5. The quantitative estimate of drug-likeness (QED) is 0.298. The van der Waals surface area contributed by atoms with Crippen molar-refractivity contribution in [1.82, 2.24) is 20.9 Å². The van der Waals surface area contributed by atoms with Gasteiger partial charge in [-0.05, 0) is 44.6 Å². The van der Waals surface area contributed by atoms with Crippen LogP contribution in [0.25, 0.3) is 0 Å². The summed E-state index contributed by atoms with van der Waals surface area (Å²) < 4.78 is 0. The van der Waals surface area contributed by atoms with Crippen LogP contribution in [0.4, 0.5) is 0 Å². The van der Waals surface area contributed by atoms with E-state index in [1.807, 2.05) is 0 Å². The lowest BCUT2D eigenvalue weighted by molar-refractivity contribution is -0.146. The summed E-state index contributed by atoms with van der Waals surface area (Å²) in [5.41, 5.74) is 0. The van der Waals surface area contributed by atoms with Crippen LogP contribution < -0.4 is 16.0 Å². The number of nitrogens with one attached hydrogen (secondary N) is 3. The lowest BCUT2D eigenvalue weighted by Gasteiger charge is -2.30. The molecule has 31 heavy (non-hydrogen) atoms. The summed E-state index contributed by atoms with van der Waals surface area (Å²) >= 11 is 0. The summed E-state index contributed by atoms with van der Waals surface area (Å²) in [6.45, 7) is 4.31. The summed E-state index contributed by atoms with van der Waals surface area (Å²) in [6, 6.07) is -3.44. The SMILES string of the molecule is CC(C)C(NC(=O)C1CCCN1C(=O)C(CCC(=O)O)NC(=O)C1CCCN1)C(=O)O. The number of rotatable bonds is 10. The minimum Gasteiger partial charge on any atom is -0.481 e. The molecule has 2 aliphatic heterocycles. The van der Waals surface area contributed by atoms with Gasteiger partial charge in [0.1, 0.15) is 18.1 Å². The minimum atomic E-state index is -1.16. The number of amides is 3. The number of likely N-dealkylation sites (tertiary alicyclic amines) is 1. The molecule has 4 atom stereocenters. The van der Waals surface area contributed by atoms with Gasteiger partial charge in [-0.25, -0.2) is 4.79 Å². The molecular formula is C20H32N4O7. The monoisotopic (exact) mass is 440 g/mol. The third-order valence-corrected chi connectivity index (χ3v) is 5.71. The van der Waals surface area contributed by atoms with Gasteiger partial charge in [0, 0.05) is 13.0 Å². The van der Waals surface area contributed by atoms with Gasteiger partial charge in [0.2, 0.25) is 17.7 Å². The number of aliphatic carboxylic acids is 2. The van der Waals surface area contributed by atoms with Crippen LogP contribution >= 0.6 is 0 Å². The molecule has 0 aromatic heterocycles. The van der Waals surface area contributed by atoms with Crippen molar-refractivity contribution in [1.29, 1.82) is 0 Å². The molecule has 2 aliphatic rings. The first-order valence-electron chi connectivity index (χ1n) is 10.7. The van der Waals surface area contributed by atoms with Crippen LogP contribution in [0.2, 0.25) is 0 Å². The van der Waals surface area contributed by atoms with Crippen LogP contribution in [-0.4, -0.2) is 82.0 Å². The highest BCUT2D eigenvalue weighted by Gasteiger charge is 2.39. The first kappa shape index (κ1) is 24.6. The van der Waals surface area contributed by atoms with E-state index in [1.54, 1.807) is 13.8 Å². The molecule has 2 fully saturated rings. The minimum absolute atomic E-state index is 0.0960. The molecule has 3 amide bonds. The Morgan fingerprint density at radius 2 is 1.74 bits per heavy atom. The first-order chi connectivity index (χ1) is 14.6. The number of carbonyl (C=O) groups excluding carboxylic acids is 3. The van der Waals surface area contributed by atoms with E-state index in [-0.39, 0.29) is 31.2 Å². The van der Waals surface area contributed by atoms with Crippen molar-refractivity contribution in [2.75, 3.05) is 13.1 Å². The van der Waals surface area contributed by atoms with Crippen molar-refractivity contribution in [3.63, 3.8) is 0 Å². The van der Waals surface area contributed by atoms with E-state index in [0.29, 0.717) is 25.8 Å². The third kappa shape index (κ3) is 6.65. The van der Waals surface area contributed by atoms with Crippen LogP contribution in [0.5, 0.6) is 0 Å². The van der Waals surface area contributed by atoms with Gasteiger partial charge < -0.3 is 31.1 Å². The summed E-state index contributed by atoms with van der Waals surface area (Å²) in [5, 5.41) is 26.5. The van der Waals surface area contributed by atoms with Gasteiger partial charge in [-0.2, -0.15) is 0 Å². The molecule has 2 rings (SSSR count). The number of hydrogen-bond donors (Lipinski definition) is 5. The highest BCUT2D eigenvalue weighted by atomic mass is 16.4. The zero-order chi connectivity index (χ0) is 23.1. The van der Waals surface area contributed by atoms with E-state index in [0.717, 1.165) is 6.42 Å². The van der Waals surface area contributed by atoms with Crippen LogP contribution in [0.15, 0.2) is 0 Å². The van der Waals surface area contributed by atoms with Crippen molar-refractivity contribution in [2.24, 2.45) is 5.92 Å². The van der Waals surface area contributed by atoms with E-state index in [1.165, 1.54) is 4.90 Å². The molecule has 0 aliphatic carbocycles. The van der Waals surface area contributed by atoms with Crippen LogP contribution in [0, 0.1) is 5.92 Å². The van der Waals surface area contributed by atoms with Gasteiger partial charge in [-0.3, -0.25) is 19.2 Å². The predicted octanol–water partition coefficient (Wildman–Crippen LogP) is -0.696. The topological polar surface area (TPSA) is 165 Å². The van der Waals surface area contributed by atoms with Crippen molar-refractivity contribution < 1.29 is 34.2 Å². The average Bonchev–Trinajstić information content (AvgIpc) is 3.39. The Kier molecular flexibility index (Phi) is 8.78. The van der Waals surface area contributed by atoms with E-state index in [2.05, 4.69) is 16.0 Å². The number of hydrogen-bond acceptors (Lipinski definition) is 6. The fraction of sp³-hybridized carbons (Fsp3) is 0.750. The maximum atomic E-state index is 13.2. The van der Waals surface area contributed by atoms with Gasteiger partial charge in [0.15, 0.2) is 0 Å². The van der Waals surface area contributed by atoms with Crippen LogP contribution in [0.1, 0.15) is 52.4 Å². The van der Waals surface area contributed by atoms with E-state index >= 15 is 0 Å². The molecule has 11 nitrogen and oxygen atoms in total. The number of carboxylic acids is 2. The van der Waals surface area contributed by atoms with Crippen LogP contribution in [-0.2, 0) is 24.0 Å². The molecule has 4 unspecified atom stereocenters. The molecule has 0 aromatic carbocycles. The van der Waals surface area contributed by atoms with Gasteiger partial charge in [0.05, 0.1) is 6.04 Å². The van der Waals surface area contributed by atoms with Gasteiger partial charge in [-0.1, -0.05) is 13.8 Å². The third-order valence-electron chi connectivity index (χ3n) is 5.71. The van der Waals surface area contributed by atoms with Gasteiger partial charge in [0.25, 0.3) is 0 Å². The molecule has 2 heterocycles. The normalized spacial score (nSPS) is 22.7. The molecular weight excluding hydrogens is 408 g/mol. The van der Waals surface area contributed by atoms with E-state index < -0.39 is 47.9 Å². The molecule has 0 spiro atoms. The van der Waals surface area contributed by atoms with E-state index in [4.69, 9.17) is 5.11 Å².